The first-order valence-electron chi connectivity index (χ1n) is 12.9. The second-order valence-corrected chi connectivity index (χ2v) is 11.6. The molecule has 0 aliphatic carbocycles. The summed E-state index contributed by atoms with van der Waals surface area (Å²) >= 11 is 0. The van der Waals surface area contributed by atoms with Gasteiger partial charge in [-0.15, -0.1) is 10.2 Å². The van der Waals surface area contributed by atoms with Crippen LogP contribution in [0.4, 0.5) is 14.5 Å². The third kappa shape index (κ3) is 6.44. The molecule has 2 saturated heterocycles. The first-order valence-corrected chi connectivity index (χ1v) is 14.2. The van der Waals surface area contributed by atoms with E-state index in [9.17, 15) is 17.2 Å². The number of ether oxygens (including phenoxy) is 1. The maximum atomic E-state index is 13.8. The van der Waals surface area contributed by atoms with E-state index in [0.29, 0.717) is 35.9 Å². The van der Waals surface area contributed by atoms with Crippen molar-refractivity contribution in [2.45, 2.75) is 19.0 Å². The minimum Gasteiger partial charge on any atom is -0.415 e. The van der Waals surface area contributed by atoms with Gasteiger partial charge in [-0.25, -0.2) is 0 Å². The molecule has 0 N–H and O–H groups in total. The lowest BCUT2D eigenvalue weighted by Crippen LogP contribution is -2.57. The first-order chi connectivity index (χ1) is 18.8. The number of nitrogens with zero attached hydrogens (tertiary/aromatic N) is 6. The molecule has 5 rings (SSSR count). The molecule has 210 valence electrons. The summed E-state index contributed by atoms with van der Waals surface area (Å²) < 4.78 is 66.2. The number of para-hydroxylation sites is 1. The normalized spacial score (nSPS) is 17.6. The molecule has 39 heavy (non-hydrogen) atoms. The van der Waals surface area contributed by atoms with E-state index in [2.05, 4.69) is 20.0 Å². The van der Waals surface area contributed by atoms with Crippen LogP contribution >= 0.6 is 0 Å². The van der Waals surface area contributed by atoms with Crippen LogP contribution in [0.5, 0.6) is 0 Å². The van der Waals surface area contributed by atoms with Crippen LogP contribution in [0.1, 0.15) is 17.9 Å². The molecule has 2 aliphatic heterocycles. The van der Waals surface area contributed by atoms with Crippen molar-refractivity contribution >= 4 is 15.9 Å². The van der Waals surface area contributed by atoms with Crippen LogP contribution in [0.15, 0.2) is 59.0 Å². The molecule has 0 radical (unpaired) electrons. The highest BCUT2D eigenvalue weighted by Crippen LogP contribution is 2.26. The van der Waals surface area contributed by atoms with E-state index < -0.39 is 22.5 Å². The van der Waals surface area contributed by atoms with Gasteiger partial charge in [0.15, 0.2) is 0 Å². The Labute approximate surface area is 226 Å². The number of hydrogen-bond donors (Lipinski definition) is 0. The van der Waals surface area contributed by atoms with Gasteiger partial charge < -0.3 is 9.15 Å². The monoisotopic (exact) mass is 562 g/mol. The molecule has 1 aromatic heterocycles. The van der Waals surface area contributed by atoms with Crippen molar-refractivity contribution in [3.63, 3.8) is 0 Å². The quantitative estimate of drug-likeness (QED) is 0.352. The fourth-order valence-corrected chi connectivity index (χ4v) is 5.96. The summed E-state index contributed by atoms with van der Waals surface area (Å²) in [5.41, 5.74) is 1.72. The van der Waals surface area contributed by atoms with E-state index in [4.69, 9.17) is 9.15 Å². The van der Waals surface area contributed by atoms with Crippen LogP contribution in [0.2, 0.25) is 0 Å². The maximum absolute atomic E-state index is 13.8. The number of rotatable bonds is 11. The smallest absolute Gasteiger partial charge is 0.314 e. The predicted molar refractivity (Wildman–Crippen MR) is 141 cm³/mol. The number of aromatic nitrogens is 2. The summed E-state index contributed by atoms with van der Waals surface area (Å²) in [6.07, 6.45) is -2.85. The zero-order valence-corrected chi connectivity index (χ0v) is 22.5. The molecule has 10 nitrogen and oxygen atoms in total. The van der Waals surface area contributed by atoms with Gasteiger partial charge in [-0.1, -0.05) is 30.3 Å². The van der Waals surface area contributed by atoms with Crippen LogP contribution in [0.25, 0.3) is 11.5 Å². The second-order valence-electron chi connectivity index (χ2n) is 9.68. The molecule has 0 unspecified atom stereocenters. The summed E-state index contributed by atoms with van der Waals surface area (Å²) in [5, 5.41) is 7.02. The van der Waals surface area contributed by atoms with Crippen LogP contribution in [-0.4, -0.2) is 98.3 Å². The zero-order chi connectivity index (χ0) is 27.4. The Morgan fingerprint density at radius 2 is 1.69 bits per heavy atom. The average Bonchev–Trinajstić information content (AvgIpc) is 3.42. The third-order valence-corrected chi connectivity index (χ3v) is 9.01. The molecular weight excluding hydrogens is 530 g/mol. The summed E-state index contributed by atoms with van der Waals surface area (Å²) in [6.45, 7) is 6.42. The lowest BCUT2D eigenvalue weighted by molar-refractivity contribution is -0.0768. The van der Waals surface area contributed by atoms with Crippen molar-refractivity contribution in [3.05, 3.63) is 66.1 Å². The van der Waals surface area contributed by atoms with Crippen molar-refractivity contribution in [1.29, 1.82) is 0 Å². The number of likely N-dealkylation sites (N-methyl/N-ethyl adjacent to an activating group) is 1. The molecule has 0 saturated carbocycles. The number of alkyl halides is 2. The molecule has 3 heterocycles. The lowest BCUT2D eigenvalue weighted by atomic mass is 10.1. The number of benzene rings is 2. The van der Waals surface area contributed by atoms with Crippen molar-refractivity contribution in [1.82, 2.24) is 24.3 Å². The van der Waals surface area contributed by atoms with Crippen molar-refractivity contribution in [2.24, 2.45) is 0 Å². The summed E-state index contributed by atoms with van der Waals surface area (Å²) in [6, 6.07) is 16.2. The summed E-state index contributed by atoms with van der Waals surface area (Å²) in [4.78, 5) is 4.74. The number of anilines is 1. The fraction of sp³-hybridized carbons (Fsp3) is 0.462. The van der Waals surface area contributed by atoms with Crippen molar-refractivity contribution in [3.8, 4) is 11.5 Å². The molecule has 0 amide bonds. The van der Waals surface area contributed by atoms with E-state index in [0.717, 1.165) is 39.4 Å². The van der Waals surface area contributed by atoms with Gasteiger partial charge in [-0.05, 0) is 29.8 Å². The van der Waals surface area contributed by atoms with E-state index in [-0.39, 0.29) is 12.4 Å². The molecule has 3 aromatic rings. The summed E-state index contributed by atoms with van der Waals surface area (Å²) in [5.74, 6) is -0.765. The standard InChI is InChI=1S/C26H32F2N6O4S/c1-31(11-12-32-13-15-33(16-14-32)23-18-37-19-23)39(35,36)34(22-5-3-2-4-6-22)17-20-7-9-21(10-8-20)25-29-30-26(38-25)24(27)28/h2-10,23-24H,11-19H2,1H3. The van der Waals surface area contributed by atoms with Gasteiger partial charge in [0.1, 0.15) is 0 Å². The van der Waals surface area contributed by atoms with Crippen LogP contribution in [-0.2, 0) is 21.5 Å². The van der Waals surface area contributed by atoms with Crippen LogP contribution in [0.3, 0.4) is 0 Å². The number of hydrogen-bond acceptors (Lipinski definition) is 8. The molecular formula is C26H32F2N6O4S. The first kappa shape index (κ1) is 27.6. The summed E-state index contributed by atoms with van der Waals surface area (Å²) in [7, 11) is -2.25. The predicted octanol–water partition coefficient (Wildman–Crippen LogP) is 2.87. The van der Waals surface area contributed by atoms with Gasteiger partial charge >= 0.3 is 16.6 Å². The second kappa shape index (κ2) is 12.0. The minimum absolute atomic E-state index is 0.0222. The molecule has 0 spiro atoms. The fourth-order valence-electron chi connectivity index (χ4n) is 4.61. The molecule has 2 fully saturated rings. The highest BCUT2D eigenvalue weighted by molar-refractivity contribution is 7.90. The van der Waals surface area contributed by atoms with Gasteiger partial charge in [0, 0.05) is 51.9 Å². The van der Waals surface area contributed by atoms with Crippen LogP contribution in [0, 0.1) is 0 Å². The van der Waals surface area contributed by atoms with Gasteiger partial charge in [-0.3, -0.25) is 14.1 Å². The Kier molecular flexibility index (Phi) is 8.52. The van der Waals surface area contributed by atoms with Gasteiger partial charge in [0.25, 0.3) is 5.89 Å². The Bertz CT molecular complexity index is 1310. The molecule has 2 aliphatic rings. The molecule has 0 atom stereocenters. The third-order valence-electron chi connectivity index (χ3n) is 7.15. The number of halogens is 2. The Hall–Kier alpha value is -2.97. The van der Waals surface area contributed by atoms with Gasteiger partial charge in [-0.2, -0.15) is 21.5 Å². The maximum Gasteiger partial charge on any atom is 0.314 e. The van der Waals surface area contributed by atoms with E-state index in [1.165, 1.54) is 8.61 Å². The van der Waals surface area contributed by atoms with Crippen molar-refractivity contribution < 1.29 is 26.4 Å². The van der Waals surface area contributed by atoms with E-state index in [1.807, 2.05) is 6.07 Å². The minimum atomic E-state index is -3.85. The number of piperazine rings is 1. The Morgan fingerprint density at radius 3 is 2.28 bits per heavy atom. The van der Waals surface area contributed by atoms with Gasteiger partial charge in [0.2, 0.25) is 5.89 Å². The highest BCUT2D eigenvalue weighted by Gasteiger charge is 2.31. The Balaban J connectivity index is 1.25. The Morgan fingerprint density at radius 1 is 1.00 bits per heavy atom. The average molecular weight is 563 g/mol. The van der Waals surface area contributed by atoms with E-state index >= 15 is 0 Å². The molecule has 0 bridgehead atoms. The SMILES string of the molecule is CN(CCN1CCN(C2COC2)CC1)S(=O)(=O)N(Cc1ccc(-c2nnc(C(F)F)o2)cc1)c1ccccc1. The lowest BCUT2D eigenvalue weighted by Gasteiger charge is -2.42. The van der Waals surface area contributed by atoms with E-state index in [1.54, 1.807) is 55.6 Å². The van der Waals surface area contributed by atoms with Crippen molar-refractivity contribution in [2.75, 3.05) is 63.8 Å². The molecule has 2 aromatic carbocycles. The van der Waals surface area contributed by atoms with Crippen LogP contribution < -0.4 is 4.31 Å². The zero-order valence-electron chi connectivity index (χ0n) is 21.7. The largest absolute Gasteiger partial charge is 0.415 e. The molecule has 13 heteroatoms. The topological polar surface area (TPSA) is 95.2 Å². The van der Waals surface area contributed by atoms with Gasteiger partial charge in [0.05, 0.1) is 31.5 Å². The highest BCUT2D eigenvalue weighted by atomic mass is 32.2.